The highest BCUT2D eigenvalue weighted by Gasteiger charge is 2.33. The van der Waals surface area contributed by atoms with Crippen LogP contribution >= 0.6 is 0 Å². The second kappa shape index (κ2) is 13.2. The molecule has 10 heteroatoms. The van der Waals surface area contributed by atoms with E-state index in [1.165, 1.54) is 17.5 Å². The number of nitrogens with zero attached hydrogens (tertiary/aromatic N) is 2. The van der Waals surface area contributed by atoms with Crippen LogP contribution in [-0.2, 0) is 25.6 Å². The van der Waals surface area contributed by atoms with E-state index in [0.29, 0.717) is 19.4 Å². The summed E-state index contributed by atoms with van der Waals surface area (Å²) in [7, 11) is 0. The number of amides is 3. The van der Waals surface area contributed by atoms with Crippen LogP contribution in [0.4, 0.5) is 0 Å². The number of aliphatic carboxylic acids is 1. The predicted molar refractivity (Wildman–Crippen MR) is 156 cm³/mol. The minimum Gasteiger partial charge on any atom is -0.548 e. The molecule has 0 saturated carbocycles. The molecule has 0 spiro atoms. The maximum absolute atomic E-state index is 13.3. The van der Waals surface area contributed by atoms with Crippen LogP contribution in [0.3, 0.4) is 0 Å². The van der Waals surface area contributed by atoms with Crippen LogP contribution in [0.5, 0.6) is 0 Å². The Hall–Kier alpha value is -3.79. The highest BCUT2D eigenvalue weighted by atomic mass is 16.4. The molecule has 1 aliphatic rings. The van der Waals surface area contributed by atoms with Crippen molar-refractivity contribution in [2.75, 3.05) is 6.54 Å². The Morgan fingerprint density at radius 3 is 2.51 bits per heavy atom. The molecular weight excluding hydrogens is 522 g/mol. The number of carboxylic acids is 1. The van der Waals surface area contributed by atoms with Gasteiger partial charge in [-0.3, -0.25) is 24.4 Å². The average Bonchev–Trinajstić information content (AvgIpc) is 2.93. The quantitative estimate of drug-likeness (QED) is 0.401. The van der Waals surface area contributed by atoms with Gasteiger partial charge in [-0.1, -0.05) is 45.1 Å². The number of hydrogen-bond donors (Lipinski definition) is 3. The molecule has 0 radical (unpaired) electrons. The van der Waals surface area contributed by atoms with Crippen LogP contribution < -0.4 is 21.2 Å². The summed E-state index contributed by atoms with van der Waals surface area (Å²) in [6.45, 7) is 13.2. The van der Waals surface area contributed by atoms with Crippen molar-refractivity contribution in [1.82, 2.24) is 26.1 Å². The molecule has 3 rings (SSSR count). The summed E-state index contributed by atoms with van der Waals surface area (Å²) in [4.78, 5) is 55.3. The zero-order valence-corrected chi connectivity index (χ0v) is 25.0. The van der Waals surface area contributed by atoms with Crippen molar-refractivity contribution in [2.45, 2.75) is 85.9 Å². The molecule has 1 fully saturated rings. The zero-order valence-electron chi connectivity index (χ0n) is 25.0. The Bertz CT molecular complexity index is 1340. The van der Waals surface area contributed by atoms with Crippen LogP contribution in [0.15, 0.2) is 30.3 Å². The number of aromatic nitrogens is 1. The van der Waals surface area contributed by atoms with Crippen LogP contribution in [-0.4, -0.2) is 58.4 Å². The Morgan fingerprint density at radius 1 is 1.17 bits per heavy atom. The molecule has 1 saturated heterocycles. The van der Waals surface area contributed by atoms with Gasteiger partial charge in [0.2, 0.25) is 11.8 Å². The highest BCUT2D eigenvalue weighted by Crippen LogP contribution is 2.24. The predicted octanol–water partition coefficient (Wildman–Crippen LogP) is 2.04. The lowest BCUT2D eigenvalue weighted by atomic mass is 9.89. The van der Waals surface area contributed by atoms with Gasteiger partial charge in [0.15, 0.2) is 0 Å². The van der Waals surface area contributed by atoms with Crippen molar-refractivity contribution in [2.24, 2.45) is 11.3 Å². The number of nitrogens with one attached hydrogen (secondary N) is 3. The van der Waals surface area contributed by atoms with Gasteiger partial charge in [-0.2, -0.15) is 0 Å². The molecule has 1 aliphatic heterocycles. The summed E-state index contributed by atoms with van der Waals surface area (Å²) in [6, 6.07) is 5.35. The number of carbonyl (C=O) groups is 4. The Morgan fingerprint density at radius 2 is 1.88 bits per heavy atom. The van der Waals surface area contributed by atoms with Crippen molar-refractivity contribution < 1.29 is 24.3 Å². The number of fused-ring (bicyclic) bond motifs is 1. The number of carbonyl (C=O) groups excluding carboxylic acids is 4. The van der Waals surface area contributed by atoms with Gasteiger partial charge in [-0.05, 0) is 76.1 Å². The number of carboxylic acid groups (broad SMARTS) is 1. The monoisotopic (exact) mass is 564 g/mol. The van der Waals surface area contributed by atoms with Crippen LogP contribution in [0.1, 0.15) is 71.2 Å². The van der Waals surface area contributed by atoms with E-state index in [4.69, 9.17) is 4.98 Å². The summed E-state index contributed by atoms with van der Waals surface area (Å²) >= 11 is 0. The number of aryl methyl sites for hydroxylation is 2. The second-order valence-electron chi connectivity index (χ2n) is 11.7. The van der Waals surface area contributed by atoms with Crippen molar-refractivity contribution in [3.05, 3.63) is 47.2 Å². The van der Waals surface area contributed by atoms with E-state index in [1.807, 2.05) is 38.1 Å². The first-order valence-corrected chi connectivity index (χ1v) is 14.2. The molecule has 3 amide bonds. The average molecular weight is 565 g/mol. The molecule has 0 aliphatic carbocycles. The first kappa shape index (κ1) is 31.7. The summed E-state index contributed by atoms with van der Waals surface area (Å²) in [6.07, 6.45) is 5.39. The topological polar surface area (TPSA) is 144 Å². The minimum absolute atomic E-state index is 0.251. The molecule has 1 aromatic carbocycles. The lowest BCUT2D eigenvalue weighted by molar-refractivity contribution is -0.310. The second-order valence-corrected chi connectivity index (χ2v) is 11.7. The van der Waals surface area contributed by atoms with E-state index in [-0.39, 0.29) is 11.8 Å². The van der Waals surface area contributed by atoms with Crippen LogP contribution in [0.25, 0.3) is 17.0 Å². The third-order valence-electron chi connectivity index (χ3n) is 7.44. The number of rotatable bonds is 10. The van der Waals surface area contributed by atoms with Crippen molar-refractivity contribution in [3.63, 3.8) is 0 Å². The summed E-state index contributed by atoms with van der Waals surface area (Å²) in [5, 5.41) is 19.0. The molecule has 2 aromatic rings. The molecular formula is C31H42N5O5-. The maximum Gasteiger partial charge on any atom is 0.258 e. The van der Waals surface area contributed by atoms with Gasteiger partial charge in [0, 0.05) is 17.6 Å². The molecule has 0 bridgehead atoms. The standard InChI is InChI=1S/C31H43N5O5/c1-8-22-16-19(4)23-12-11-21(17-25(23)33-22)13-14-31(6,7)30(41)34-26(18(2)3)27(37)32-20(5)28(38)36-15-9-10-24(35-36)29(39)40/h11-14,16-18,20,24,26,35H,8-10,15H2,1-7H3,(H,32,37)(H,34,41)(H,39,40)/p-1/b14-13+/t20-,24-,26-/m0/s1. The largest absolute Gasteiger partial charge is 0.548 e. The van der Waals surface area contributed by atoms with E-state index in [0.717, 1.165) is 28.6 Å². The van der Waals surface area contributed by atoms with Crippen LogP contribution in [0.2, 0.25) is 0 Å². The molecule has 10 nitrogen and oxygen atoms in total. The van der Waals surface area contributed by atoms with Gasteiger partial charge >= 0.3 is 0 Å². The molecule has 1 aromatic heterocycles. The minimum atomic E-state index is -1.28. The fourth-order valence-corrected chi connectivity index (χ4v) is 4.73. The first-order chi connectivity index (χ1) is 19.2. The molecule has 222 valence electrons. The van der Waals surface area contributed by atoms with Crippen LogP contribution in [0, 0.1) is 18.3 Å². The number of pyridine rings is 1. The number of hydrazine groups is 1. The molecule has 3 atom stereocenters. The van der Waals surface area contributed by atoms with Gasteiger partial charge in [-0.15, -0.1) is 0 Å². The summed E-state index contributed by atoms with van der Waals surface area (Å²) in [5.41, 5.74) is 5.73. The molecule has 2 heterocycles. The first-order valence-electron chi connectivity index (χ1n) is 14.2. The van der Waals surface area contributed by atoms with E-state index in [9.17, 15) is 24.3 Å². The lowest BCUT2D eigenvalue weighted by Crippen LogP contribution is -2.62. The third kappa shape index (κ3) is 7.91. The molecule has 0 unspecified atom stereocenters. The smallest absolute Gasteiger partial charge is 0.258 e. The normalized spacial score (nSPS) is 17.5. The van der Waals surface area contributed by atoms with Gasteiger partial charge in [0.1, 0.15) is 12.1 Å². The summed E-state index contributed by atoms with van der Waals surface area (Å²) in [5.74, 6) is -2.83. The lowest BCUT2D eigenvalue weighted by Gasteiger charge is -2.36. The van der Waals surface area contributed by atoms with Crippen molar-refractivity contribution >= 4 is 40.7 Å². The van der Waals surface area contributed by atoms with Gasteiger partial charge in [-0.25, -0.2) is 5.43 Å². The summed E-state index contributed by atoms with van der Waals surface area (Å²) < 4.78 is 0. The zero-order chi connectivity index (χ0) is 30.5. The Balaban J connectivity index is 1.67. The third-order valence-corrected chi connectivity index (χ3v) is 7.44. The number of benzene rings is 1. The fourth-order valence-electron chi connectivity index (χ4n) is 4.73. The van der Waals surface area contributed by atoms with E-state index in [2.05, 4.69) is 36.0 Å². The Kier molecular flexibility index (Phi) is 10.3. The van der Waals surface area contributed by atoms with Gasteiger partial charge in [0.05, 0.1) is 22.9 Å². The Labute approximate surface area is 241 Å². The van der Waals surface area contributed by atoms with Gasteiger partial charge in [0.25, 0.3) is 5.91 Å². The van der Waals surface area contributed by atoms with Gasteiger partial charge < -0.3 is 20.5 Å². The highest BCUT2D eigenvalue weighted by molar-refractivity contribution is 5.94. The molecule has 41 heavy (non-hydrogen) atoms. The molecule has 3 N–H and O–H groups in total. The van der Waals surface area contributed by atoms with Crippen molar-refractivity contribution in [3.8, 4) is 0 Å². The maximum atomic E-state index is 13.3. The van der Waals surface area contributed by atoms with Crippen molar-refractivity contribution in [1.29, 1.82) is 0 Å². The van der Waals surface area contributed by atoms with E-state index >= 15 is 0 Å². The van der Waals surface area contributed by atoms with E-state index in [1.54, 1.807) is 19.9 Å². The van der Waals surface area contributed by atoms with E-state index < -0.39 is 41.3 Å². The number of hydrogen-bond acceptors (Lipinski definition) is 7. The fraction of sp³-hybridized carbons (Fsp3) is 0.516. The SMILES string of the molecule is CCc1cc(C)c2ccc(/C=C/C(C)(C)C(=O)N[C@H](C(=O)N[C@@H](C)C(=O)N3CCC[C@@H](C(=O)[O-])N3)C(C)C)cc2n1.